The number of methoxy groups -OCH3 is 1. The topological polar surface area (TPSA) is 221 Å². The Bertz CT molecular complexity index is 1830. The largest absolute Gasteiger partial charge is 0.397 e. The van der Waals surface area contributed by atoms with E-state index in [9.17, 15) is 36.9 Å². The van der Waals surface area contributed by atoms with Crippen molar-refractivity contribution >= 4 is 37.6 Å². The molecule has 0 radical (unpaired) electrons. The Morgan fingerprint density at radius 2 is 1.67 bits per heavy atom. The van der Waals surface area contributed by atoms with Crippen molar-refractivity contribution in [2.75, 3.05) is 57.0 Å². The van der Waals surface area contributed by atoms with Crippen molar-refractivity contribution in [1.29, 1.82) is 0 Å². The molecule has 4 rings (SSSR count). The number of aliphatic hydroxyl groups excluding tert-OH is 3. The van der Waals surface area contributed by atoms with E-state index in [2.05, 4.69) is 14.8 Å². The molecule has 0 fully saturated rings. The van der Waals surface area contributed by atoms with Crippen LogP contribution in [0, 0.1) is 5.41 Å². The highest BCUT2D eigenvalue weighted by molar-refractivity contribution is 7.91. The van der Waals surface area contributed by atoms with E-state index in [4.69, 9.17) is 14.0 Å². The van der Waals surface area contributed by atoms with E-state index in [1.165, 1.54) is 7.11 Å². The van der Waals surface area contributed by atoms with Gasteiger partial charge in [0.2, 0.25) is 0 Å². The molecule has 0 aromatic heterocycles. The molecule has 1 aliphatic rings. The molecule has 0 spiro atoms. The fourth-order valence-corrected chi connectivity index (χ4v) is 9.08. The molecule has 1 heterocycles. The molecule has 15 nitrogen and oxygen atoms in total. The number of carbonyl (C=O) groups excluding carboxylic acids is 1. The lowest BCUT2D eigenvalue weighted by Gasteiger charge is -2.39. The number of urea groups is 1. The zero-order chi connectivity index (χ0) is 40.8. The summed E-state index contributed by atoms with van der Waals surface area (Å²) in [5.41, 5.74) is 1.08. The van der Waals surface area contributed by atoms with Crippen LogP contribution in [-0.4, -0.2) is 114 Å². The number of nitrogens with one attached hydrogen (secondary N) is 2. The summed E-state index contributed by atoms with van der Waals surface area (Å²) in [5, 5.41) is 37.6. The van der Waals surface area contributed by atoms with Gasteiger partial charge in [-0.25, -0.2) is 17.4 Å². The molecule has 6 atom stereocenters. The van der Waals surface area contributed by atoms with E-state index < -0.39 is 82.0 Å². The number of hydrogen-bond acceptors (Lipinski definition) is 12. The third-order valence-electron chi connectivity index (χ3n) is 9.56. The Morgan fingerprint density at radius 3 is 2.22 bits per heavy atom. The van der Waals surface area contributed by atoms with Gasteiger partial charge >= 0.3 is 16.4 Å². The lowest BCUT2D eigenvalue weighted by Crippen LogP contribution is -2.53. The van der Waals surface area contributed by atoms with Crippen LogP contribution in [0.1, 0.15) is 56.6 Å². The smallest absolute Gasteiger partial charge is 0.394 e. The predicted octanol–water partition coefficient (Wildman–Crippen LogP) is 3.96. The minimum Gasteiger partial charge on any atom is -0.394 e. The number of anilines is 2. The van der Waals surface area contributed by atoms with Gasteiger partial charge in [0, 0.05) is 43.9 Å². The van der Waals surface area contributed by atoms with Gasteiger partial charge in [0.05, 0.1) is 36.6 Å². The summed E-state index contributed by atoms with van der Waals surface area (Å²) in [6.45, 7) is 2.13. The Balaban J connectivity index is 0.00000123. The average Bonchev–Trinajstić information content (AvgIpc) is 3.22. The molecule has 3 aromatic carbocycles. The van der Waals surface area contributed by atoms with Crippen molar-refractivity contribution in [3.63, 3.8) is 0 Å². The molecule has 2 amide bonds. The van der Waals surface area contributed by atoms with Gasteiger partial charge in [-0.1, -0.05) is 75.2 Å². The Morgan fingerprint density at radius 1 is 1.02 bits per heavy atom. The Kier molecular flexibility index (Phi) is 17.5. The van der Waals surface area contributed by atoms with Crippen LogP contribution in [-0.2, 0) is 33.9 Å². The molecule has 0 bridgehead atoms. The molecule has 0 saturated heterocycles. The first-order chi connectivity index (χ1) is 26.0. The number of fused-ring (bicyclic) bond motifs is 1. The third-order valence-corrected chi connectivity index (χ3v) is 12.0. The maximum Gasteiger partial charge on any atom is 0.397 e. The van der Waals surface area contributed by atoms with Crippen LogP contribution in [0.3, 0.4) is 0 Å². The van der Waals surface area contributed by atoms with Crippen LogP contribution in [0.2, 0.25) is 0 Å². The highest BCUT2D eigenvalue weighted by atomic mass is 32.3. The summed E-state index contributed by atoms with van der Waals surface area (Å²) in [6.07, 6.45) is -2.96. The summed E-state index contributed by atoms with van der Waals surface area (Å²) in [5.74, 6) is -0.987. The summed E-state index contributed by atoms with van der Waals surface area (Å²) < 4.78 is 73.0. The zero-order valence-electron chi connectivity index (χ0n) is 31.9. The van der Waals surface area contributed by atoms with Gasteiger partial charge in [0.15, 0.2) is 16.1 Å². The maximum atomic E-state index is 13.9. The van der Waals surface area contributed by atoms with Crippen LogP contribution in [0.4, 0.5) is 16.2 Å². The van der Waals surface area contributed by atoms with E-state index >= 15 is 0 Å². The second kappa shape index (κ2) is 21.0. The minimum absolute atomic E-state index is 0.147. The van der Waals surface area contributed by atoms with Gasteiger partial charge in [0.25, 0.3) is 0 Å². The van der Waals surface area contributed by atoms with E-state index in [-0.39, 0.29) is 16.3 Å². The van der Waals surface area contributed by atoms with Crippen LogP contribution in [0.5, 0.6) is 0 Å². The lowest BCUT2D eigenvalue weighted by molar-refractivity contribution is -0.122. The second-order valence-corrected chi connectivity index (χ2v) is 16.5. The van der Waals surface area contributed by atoms with Gasteiger partial charge < -0.3 is 40.3 Å². The molecule has 306 valence electrons. The van der Waals surface area contributed by atoms with Gasteiger partial charge in [-0.15, -0.1) is 0 Å². The van der Waals surface area contributed by atoms with Gasteiger partial charge in [-0.05, 0) is 54.3 Å². The normalized spacial score (nSPS) is 20.7. The Hall–Kier alpha value is -3.65. The molecule has 3 aromatic rings. The maximum absolute atomic E-state index is 13.9. The highest BCUT2D eigenvalue weighted by Gasteiger charge is 2.49. The fraction of sp³-hybridized carbons (Fsp3) is 0.500. The molecule has 17 heteroatoms. The van der Waals surface area contributed by atoms with Crippen molar-refractivity contribution in [2.45, 2.75) is 74.9 Å². The highest BCUT2D eigenvalue weighted by Crippen LogP contribution is 2.49. The summed E-state index contributed by atoms with van der Waals surface area (Å²) in [4.78, 5) is 15.2. The number of aliphatic hydroxyl groups is 3. The number of benzene rings is 3. The number of nitrogens with zero attached hydrogens (tertiary/aromatic N) is 1. The summed E-state index contributed by atoms with van der Waals surface area (Å²) in [7, 11) is -3.67. The number of sulfone groups is 1. The van der Waals surface area contributed by atoms with Gasteiger partial charge in [-0.2, -0.15) is 8.42 Å². The number of ether oxygens (including phenoxy) is 2. The number of amides is 2. The SMILES string of the molecule is CCCC[C@]1(CC)CS(=O)(=O)c2ccc(N(C)C)cc2[C@@H](c2cccc(NC(=O)N[C@H](OCCOS(=O)(=O)O)[C@H](O)[C@H](CO)OC)c2)[C@H]1O.c1ccccc1. The van der Waals surface area contributed by atoms with Crippen molar-refractivity contribution in [3.8, 4) is 0 Å². The standard InChI is InChI=1S/C32H49N3O12S2.C6H6/c1-6-8-14-32(7-2)20-48(40,41)26-13-12-23(35(3)4)18-24(26)27(29(32)38)21-10-9-11-22(17-21)33-31(39)34-30(28(37)25(19-36)45-5)46-15-16-47-49(42,43)44;1-2-4-6-5-3-1/h9-13,17-18,25,27-30,36-38H,6-8,14-16,19-20H2,1-5H3,(H2,33,34,39)(H,42,43,44);1-6H/t25-,27+,28+,29+,30+,32+;/m0./s1. The first-order valence-electron chi connectivity index (χ1n) is 18.0. The first-order valence-corrected chi connectivity index (χ1v) is 21.0. The third kappa shape index (κ3) is 12.9. The van der Waals surface area contributed by atoms with E-state index in [0.717, 1.165) is 18.5 Å². The van der Waals surface area contributed by atoms with Crippen LogP contribution < -0.4 is 15.5 Å². The zero-order valence-corrected chi connectivity index (χ0v) is 33.5. The first kappa shape index (κ1) is 45.7. The number of carbonyl (C=O) groups is 1. The van der Waals surface area contributed by atoms with E-state index in [1.54, 1.807) is 42.5 Å². The van der Waals surface area contributed by atoms with E-state index in [0.29, 0.717) is 24.0 Å². The second-order valence-electron chi connectivity index (χ2n) is 13.5. The quantitative estimate of drug-likeness (QED) is 0.0647. The van der Waals surface area contributed by atoms with Crippen molar-refractivity contribution in [1.82, 2.24) is 5.32 Å². The molecular formula is C38H55N3O12S2. The fourth-order valence-electron chi connectivity index (χ4n) is 6.55. The van der Waals surface area contributed by atoms with Crippen molar-refractivity contribution in [2.24, 2.45) is 5.41 Å². The number of hydrogen-bond donors (Lipinski definition) is 6. The van der Waals surface area contributed by atoms with Crippen molar-refractivity contribution in [3.05, 3.63) is 90.0 Å². The van der Waals surface area contributed by atoms with Gasteiger partial charge in [-0.3, -0.25) is 4.55 Å². The monoisotopic (exact) mass is 809 g/mol. The van der Waals surface area contributed by atoms with E-state index in [1.807, 2.05) is 69.2 Å². The predicted molar refractivity (Wildman–Crippen MR) is 209 cm³/mol. The van der Waals surface area contributed by atoms with Crippen LogP contribution in [0.25, 0.3) is 0 Å². The minimum atomic E-state index is -4.76. The molecular weight excluding hydrogens is 755 g/mol. The average molecular weight is 810 g/mol. The Labute approximate surface area is 324 Å². The van der Waals surface area contributed by atoms with Gasteiger partial charge in [0.1, 0.15) is 12.2 Å². The molecule has 0 aliphatic carbocycles. The molecule has 55 heavy (non-hydrogen) atoms. The molecule has 6 N–H and O–H groups in total. The lowest BCUT2D eigenvalue weighted by atomic mass is 9.69. The summed E-state index contributed by atoms with van der Waals surface area (Å²) in [6, 6.07) is 22.9. The molecule has 0 saturated carbocycles. The van der Waals surface area contributed by atoms with Crippen LogP contribution in [0.15, 0.2) is 83.8 Å². The summed E-state index contributed by atoms with van der Waals surface area (Å²) >= 11 is 0. The van der Waals surface area contributed by atoms with Crippen LogP contribution >= 0.6 is 0 Å². The molecule has 0 unspecified atom stereocenters. The number of unbranched alkanes of at least 4 members (excludes halogenated alkanes) is 1. The molecule has 1 aliphatic heterocycles. The number of rotatable bonds is 17. The van der Waals surface area contributed by atoms with Crippen molar-refractivity contribution < 1.29 is 55.2 Å².